The largest absolute Gasteiger partial charge is 0.481 e. The summed E-state index contributed by atoms with van der Waals surface area (Å²) in [6.45, 7) is 5.12. The minimum atomic E-state index is -3.59. The van der Waals surface area contributed by atoms with Crippen LogP contribution < -0.4 is 15.4 Å². The third kappa shape index (κ3) is 6.47. The Bertz CT molecular complexity index is 1480. The van der Waals surface area contributed by atoms with E-state index in [0.717, 1.165) is 63.8 Å². The zero-order valence-corrected chi connectivity index (χ0v) is 25.8. The molecule has 2 saturated heterocycles. The molecule has 2 N–H and O–H groups in total. The molecule has 3 fully saturated rings. The highest BCUT2D eigenvalue weighted by Crippen LogP contribution is 2.36. The number of hydrogen-bond acceptors (Lipinski definition) is 9. The highest BCUT2D eigenvalue weighted by molar-refractivity contribution is 7.89. The molecule has 3 aliphatic rings. The summed E-state index contributed by atoms with van der Waals surface area (Å²) in [6.07, 6.45) is 7.05. The number of pyridine rings is 1. The zero-order valence-electron chi connectivity index (χ0n) is 24.1. The molecule has 1 unspecified atom stereocenters. The monoisotopic (exact) mass is 612 g/mol. The van der Waals surface area contributed by atoms with E-state index in [1.54, 1.807) is 29.6 Å². The number of rotatable bonds is 9. The summed E-state index contributed by atoms with van der Waals surface area (Å²) in [5.41, 5.74) is 1.53. The predicted molar refractivity (Wildman–Crippen MR) is 165 cm³/mol. The van der Waals surface area contributed by atoms with Gasteiger partial charge in [0.25, 0.3) is 0 Å². The maximum atomic E-state index is 13.7. The van der Waals surface area contributed by atoms with E-state index in [2.05, 4.69) is 25.5 Å². The van der Waals surface area contributed by atoms with Crippen molar-refractivity contribution in [3.8, 4) is 5.88 Å². The number of hydrogen-bond donors (Lipinski definition) is 2. The van der Waals surface area contributed by atoms with Crippen LogP contribution >= 0.6 is 11.3 Å². The van der Waals surface area contributed by atoms with Gasteiger partial charge >= 0.3 is 0 Å². The van der Waals surface area contributed by atoms with Gasteiger partial charge in [-0.15, -0.1) is 0 Å². The summed E-state index contributed by atoms with van der Waals surface area (Å²) < 4.78 is 33.9. The Kier molecular flexibility index (Phi) is 9.06. The van der Waals surface area contributed by atoms with E-state index in [4.69, 9.17) is 4.74 Å². The molecular weight excluding hydrogens is 573 g/mol. The quantitative estimate of drug-likeness (QED) is 0.372. The Morgan fingerprint density at radius 3 is 2.43 bits per heavy atom. The highest BCUT2D eigenvalue weighted by Gasteiger charge is 2.33. The van der Waals surface area contributed by atoms with Gasteiger partial charge in [-0.25, -0.2) is 18.4 Å². The van der Waals surface area contributed by atoms with Crippen molar-refractivity contribution >= 4 is 42.7 Å². The number of piperazine rings is 1. The molecule has 0 radical (unpaired) electrons. The average molecular weight is 613 g/mol. The third-order valence-corrected chi connectivity index (χ3v) is 11.8. The number of fused-ring (bicyclic) bond motifs is 1. The first-order valence-electron chi connectivity index (χ1n) is 15.1. The van der Waals surface area contributed by atoms with Crippen molar-refractivity contribution in [3.63, 3.8) is 0 Å². The maximum Gasteiger partial charge on any atom is 0.243 e. The molecule has 0 spiro atoms. The number of aromatic nitrogens is 2. The molecule has 3 aromatic rings. The number of piperidine rings is 1. The molecule has 12 heteroatoms. The Morgan fingerprint density at radius 1 is 1.02 bits per heavy atom. The van der Waals surface area contributed by atoms with Gasteiger partial charge in [0, 0.05) is 51.4 Å². The van der Waals surface area contributed by atoms with Crippen molar-refractivity contribution in [1.82, 2.24) is 24.5 Å². The molecule has 2 aromatic heterocycles. The Labute approximate surface area is 251 Å². The number of nitrogens with zero attached hydrogens (tertiary/aromatic N) is 4. The van der Waals surface area contributed by atoms with E-state index in [-0.39, 0.29) is 10.8 Å². The summed E-state index contributed by atoms with van der Waals surface area (Å²) in [5, 5.41) is 6.90. The summed E-state index contributed by atoms with van der Waals surface area (Å²) in [7, 11) is -2.03. The molecule has 2 aliphatic heterocycles. The van der Waals surface area contributed by atoms with Crippen molar-refractivity contribution in [2.45, 2.75) is 61.8 Å². The zero-order chi connectivity index (χ0) is 29.1. The molecule has 1 aromatic carbocycles. The Balaban J connectivity index is 1.16. The lowest BCUT2D eigenvalue weighted by atomic mass is 9.87. The maximum absolute atomic E-state index is 13.7. The van der Waals surface area contributed by atoms with Crippen LogP contribution in [0.2, 0.25) is 0 Å². The highest BCUT2D eigenvalue weighted by atomic mass is 32.2. The summed E-state index contributed by atoms with van der Waals surface area (Å²) >= 11 is 1.32. The van der Waals surface area contributed by atoms with Crippen molar-refractivity contribution in [3.05, 3.63) is 42.0 Å². The van der Waals surface area contributed by atoms with Crippen LogP contribution in [0.5, 0.6) is 5.88 Å². The van der Waals surface area contributed by atoms with E-state index in [1.165, 1.54) is 24.2 Å². The van der Waals surface area contributed by atoms with Crippen LogP contribution in [0.3, 0.4) is 0 Å². The van der Waals surface area contributed by atoms with E-state index < -0.39 is 15.9 Å². The second kappa shape index (κ2) is 12.9. The minimum Gasteiger partial charge on any atom is -0.481 e. The van der Waals surface area contributed by atoms with E-state index in [0.29, 0.717) is 46.4 Å². The smallest absolute Gasteiger partial charge is 0.243 e. The molecule has 0 bridgehead atoms. The molecule has 226 valence electrons. The molecular formula is C30H40N6O4S2. The predicted octanol–water partition coefficient (Wildman–Crippen LogP) is 4.06. The van der Waals surface area contributed by atoms with Gasteiger partial charge in [-0.1, -0.05) is 49.2 Å². The number of carbonyl (C=O) groups excluding carboxylic acids is 1. The molecule has 6 rings (SSSR count). The lowest BCUT2D eigenvalue weighted by Gasteiger charge is -2.39. The number of amides is 1. The van der Waals surface area contributed by atoms with Crippen molar-refractivity contribution in [1.29, 1.82) is 0 Å². The number of methoxy groups -OCH3 is 1. The first-order valence-corrected chi connectivity index (χ1v) is 17.3. The summed E-state index contributed by atoms with van der Waals surface area (Å²) in [4.78, 5) is 26.1. The molecule has 1 amide bonds. The number of anilines is 1. The lowest BCUT2D eigenvalue weighted by Crippen LogP contribution is -2.52. The number of carbonyl (C=O) groups is 1. The second-order valence-corrected chi connectivity index (χ2v) is 14.5. The van der Waals surface area contributed by atoms with Crippen molar-refractivity contribution in [2.75, 3.05) is 51.7 Å². The SMILES string of the molecule is COc1ccc2nc(NC(=O)C(CC3CCCC3)c3ccc(S(=O)(=O)N4CCC(N5CCNCC5)CC4)cc3)sc2n1. The fraction of sp³-hybridized carbons (Fsp3) is 0.567. The van der Waals surface area contributed by atoms with Gasteiger partial charge in [-0.3, -0.25) is 9.69 Å². The van der Waals surface area contributed by atoms with Crippen LogP contribution in [-0.2, 0) is 14.8 Å². The fourth-order valence-corrected chi connectivity index (χ4v) is 8.95. The van der Waals surface area contributed by atoms with Gasteiger partial charge in [0.2, 0.25) is 21.8 Å². The van der Waals surface area contributed by atoms with E-state index in [9.17, 15) is 13.2 Å². The van der Waals surface area contributed by atoms with Crippen molar-refractivity contribution in [2.24, 2.45) is 5.92 Å². The molecule has 1 atom stereocenters. The van der Waals surface area contributed by atoms with Gasteiger partial charge < -0.3 is 15.4 Å². The summed E-state index contributed by atoms with van der Waals surface area (Å²) in [6, 6.07) is 11.0. The number of benzene rings is 1. The number of sulfonamides is 1. The standard InChI is InChI=1S/C30H40N6O4S2/c1-40-27-11-10-26-29(33-27)41-30(32-26)34-28(37)25(20-21-4-2-3-5-21)22-6-8-24(9-7-22)42(38,39)36-16-12-23(13-17-36)35-18-14-31-15-19-35/h6-11,21,23,25,31H,2-5,12-20H2,1H3,(H,32,34,37). The first kappa shape index (κ1) is 29.4. The van der Waals surface area contributed by atoms with Crippen LogP contribution in [0.4, 0.5) is 5.13 Å². The van der Waals surface area contributed by atoms with Gasteiger partial charge in [0.1, 0.15) is 10.3 Å². The fourth-order valence-electron chi connectivity index (χ4n) is 6.65. The third-order valence-electron chi connectivity index (χ3n) is 9.04. The van der Waals surface area contributed by atoms with Crippen LogP contribution in [-0.4, -0.2) is 85.9 Å². The van der Waals surface area contributed by atoms with E-state index >= 15 is 0 Å². The Morgan fingerprint density at radius 2 is 1.74 bits per heavy atom. The van der Waals surface area contributed by atoms with E-state index in [1.807, 2.05) is 18.2 Å². The van der Waals surface area contributed by atoms with Crippen LogP contribution in [0, 0.1) is 5.92 Å². The van der Waals surface area contributed by atoms with Crippen LogP contribution in [0.15, 0.2) is 41.3 Å². The topological polar surface area (TPSA) is 117 Å². The molecule has 10 nitrogen and oxygen atoms in total. The normalized spacial score (nSPS) is 20.6. The van der Waals surface area contributed by atoms with Gasteiger partial charge in [-0.2, -0.15) is 4.31 Å². The molecule has 42 heavy (non-hydrogen) atoms. The molecule has 1 saturated carbocycles. The molecule has 1 aliphatic carbocycles. The van der Waals surface area contributed by atoms with Crippen LogP contribution in [0.1, 0.15) is 56.4 Å². The van der Waals surface area contributed by atoms with Crippen LogP contribution in [0.25, 0.3) is 10.3 Å². The van der Waals surface area contributed by atoms with Gasteiger partial charge in [-0.05, 0) is 48.9 Å². The minimum absolute atomic E-state index is 0.126. The lowest BCUT2D eigenvalue weighted by molar-refractivity contribution is -0.118. The number of ether oxygens (including phenoxy) is 1. The van der Waals surface area contributed by atoms with Crippen molar-refractivity contribution < 1.29 is 17.9 Å². The molecule has 4 heterocycles. The Hall–Kier alpha value is -2.64. The number of thiazole rings is 1. The number of nitrogens with one attached hydrogen (secondary N) is 2. The van der Waals surface area contributed by atoms with Gasteiger partial charge in [0.15, 0.2) is 5.13 Å². The first-order chi connectivity index (χ1) is 20.4. The summed E-state index contributed by atoms with van der Waals surface area (Å²) in [5.74, 6) is 0.456. The second-order valence-electron chi connectivity index (χ2n) is 11.6. The van der Waals surface area contributed by atoms with Gasteiger partial charge in [0.05, 0.1) is 17.9 Å². The average Bonchev–Trinajstić information content (AvgIpc) is 3.69.